The van der Waals surface area contributed by atoms with E-state index in [1.807, 2.05) is 43.3 Å². The van der Waals surface area contributed by atoms with Gasteiger partial charge in [0.1, 0.15) is 17.7 Å². The number of sulfone groups is 1. The first-order valence-corrected chi connectivity index (χ1v) is 14.0. The third-order valence-corrected chi connectivity index (χ3v) is 8.29. The maximum absolute atomic E-state index is 13.1. The number of ether oxygens (including phenoxy) is 1. The third kappa shape index (κ3) is 6.05. The van der Waals surface area contributed by atoms with Gasteiger partial charge in [0, 0.05) is 16.7 Å². The standard InChI is InChI=1S/C27H29BrN2O4S/c1-19-5-13-24(14-6-19)35(32,33)18-29-27(31)25-4-3-15-30(25)26-17-22(28)10-9-21(26)16-20-7-11-23(34-2)12-8-20/h5-14,17,25H,3-4,15-16,18H2,1-2H3,(H,29,31). The molecule has 1 heterocycles. The minimum atomic E-state index is -3.61. The summed E-state index contributed by atoms with van der Waals surface area (Å²) < 4.78 is 31.6. The van der Waals surface area contributed by atoms with Crippen LogP contribution in [0.1, 0.15) is 29.5 Å². The Morgan fingerprint density at radius 2 is 1.80 bits per heavy atom. The van der Waals surface area contributed by atoms with Crippen molar-refractivity contribution in [3.8, 4) is 5.75 Å². The van der Waals surface area contributed by atoms with Gasteiger partial charge in [-0.15, -0.1) is 0 Å². The highest BCUT2D eigenvalue weighted by Crippen LogP contribution is 2.33. The van der Waals surface area contributed by atoms with Gasteiger partial charge in [-0.1, -0.05) is 51.8 Å². The van der Waals surface area contributed by atoms with Crippen molar-refractivity contribution in [1.29, 1.82) is 0 Å². The van der Waals surface area contributed by atoms with Gasteiger partial charge in [0.15, 0.2) is 9.84 Å². The van der Waals surface area contributed by atoms with Crippen LogP contribution in [0, 0.1) is 6.92 Å². The lowest BCUT2D eigenvalue weighted by Gasteiger charge is -2.28. The molecule has 0 saturated carbocycles. The molecule has 1 saturated heterocycles. The summed E-state index contributed by atoms with van der Waals surface area (Å²) in [5.41, 5.74) is 4.20. The van der Waals surface area contributed by atoms with Crippen molar-refractivity contribution < 1.29 is 17.9 Å². The number of hydrogen-bond donors (Lipinski definition) is 1. The summed E-state index contributed by atoms with van der Waals surface area (Å²) in [4.78, 5) is 15.4. The Morgan fingerprint density at radius 1 is 1.09 bits per heavy atom. The van der Waals surface area contributed by atoms with Crippen molar-refractivity contribution in [3.05, 3.63) is 87.9 Å². The van der Waals surface area contributed by atoms with Crippen LogP contribution < -0.4 is 15.0 Å². The summed E-state index contributed by atoms with van der Waals surface area (Å²) in [6, 6.07) is 20.3. The number of anilines is 1. The predicted octanol–water partition coefficient (Wildman–Crippen LogP) is 4.87. The Kier molecular flexibility index (Phi) is 7.82. The summed E-state index contributed by atoms with van der Waals surface area (Å²) in [5, 5.41) is 2.68. The molecule has 1 aliphatic heterocycles. The van der Waals surface area contributed by atoms with E-state index in [9.17, 15) is 13.2 Å². The fourth-order valence-corrected chi connectivity index (χ4v) is 5.76. The SMILES string of the molecule is COc1ccc(Cc2ccc(Br)cc2N2CCCC2C(=O)NCS(=O)(=O)c2ccc(C)cc2)cc1. The zero-order valence-electron chi connectivity index (χ0n) is 19.8. The lowest BCUT2D eigenvalue weighted by atomic mass is 10.0. The Balaban J connectivity index is 1.51. The van der Waals surface area contributed by atoms with Crippen molar-refractivity contribution in [3.63, 3.8) is 0 Å². The molecule has 3 aromatic rings. The van der Waals surface area contributed by atoms with Crippen LogP contribution in [0.4, 0.5) is 5.69 Å². The van der Waals surface area contributed by atoms with E-state index in [1.54, 1.807) is 31.4 Å². The molecule has 1 aliphatic rings. The number of nitrogens with zero attached hydrogens (tertiary/aromatic N) is 1. The predicted molar refractivity (Wildman–Crippen MR) is 142 cm³/mol. The average molecular weight is 558 g/mol. The van der Waals surface area contributed by atoms with Gasteiger partial charge in [-0.25, -0.2) is 8.42 Å². The summed E-state index contributed by atoms with van der Waals surface area (Å²) in [6.45, 7) is 2.63. The van der Waals surface area contributed by atoms with E-state index < -0.39 is 21.8 Å². The lowest BCUT2D eigenvalue weighted by molar-refractivity contribution is -0.121. The van der Waals surface area contributed by atoms with Crippen molar-refractivity contribution in [2.45, 2.75) is 37.1 Å². The largest absolute Gasteiger partial charge is 0.497 e. The molecule has 1 fully saturated rings. The molecular formula is C27H29BrN2O4S. The molecule has 8 heteroatoms. The first-order valence-electron chi connectivity index (χ1n) is 11.5. The first-order chi connectivity index (χ1) is 16.8. The molecule has 6 nitrogen and oxygen atoms in total. The molecule has 1 N–H and O–H groups in total. The smallest absolute Gasteiger partial charge is 0.243 e. The van der Waals surface area contributed by atoms with E-state index in [4.69, 9.17) is 4.74 Å². The first kappa shape index (κ1) is 25.3. The molecule has 4 rings (SSSR count). The van der Waals surface area contributed by atoms with Gasteiger partial charge in [0.2, 0.25) is 5.91 Å². The summed E-state index contributed by atoms with van der Waals surface area (Å²) in [6.07, 6.45) is 2.24. The van der Waals surface area contributed by atoms with Crippen LogP contribution >= 0.6 is 15.9 Å². The monoisotopic (exact) mass is 556 g/mol. The molecule has 0 radical (unpaired) electrons. The normalized spacial score (nSPS) is 15.7. The molecule has 0 spiro atoms. The molecular weight excluding hydrogens is 528 g/mol. The average Bonchev–Trinajstić information content (AvgIpc) is 3.34. The number of benzene rings is 3. The maximum Gasteiger partial charge on any atom is 0.243 e. The van der Waals surface area contributed by atoms with E-state index in [0.717, 1.165) is 45.6 Å². The minimum absolute atomic E-state index is 0.209. The van der Waals surface area contributed by atoms with E-state index in [1.165, 1.54) is 0 Å². The fraction of sp³-hybridized carbons (Fsp3) is 0.296. The van der Waals surface area contributed by atoms with Crippen molar-refractivity contribution in [2.24, 2.45) is 0 Å². The molecule has 0 bridgehead atoms. The van der Waals surface area contributed by atoms with Gasteiger partial charge in [0.25, 0.3) is 0 Å². The topological polar surface area (TPSA) is 75.7 Å². The number of carbonyl (C=O) groups excluding carboxylic acids is 1. The molecule has 1 unspecified atom stereocenters. The lowest BCUT2D eigenvalue weighted by Crippen LogP contribution is -2.45. The minimum Gasteiger partial charge on any atom is -0.497 e. The Hall–Kier alpha value is -2.84. The van der Waals surface area contributed by atoms with Crippen LogP contribution in [0.25, 0.3) is 0 Å². The summed E-state index contributed by atoms with van der Waals surface area (Å²) in [5.74, 6) is 0.117. The van der Waals surface area contributed by atoms with Crippen LogP contribution in [-0.2, 0) is 21.1 Å². The second-order valence-electron chi connectivity index (χ2n) is 8.76. The molecule has 0 aliphatic carbocycles. The molecule has 184 valence electrons. The molecule has 0 aromatic heterocycles. The van der Waals surface area contributed by atoms with Crippen molar-refractivity contribution in [2.75, 3.05) is 24.4 Å². The van der Waals surface area contributed by atoms with Crippen molar-refractivity contribution >= 4 is 37.4 Å². The number of carbonyl (C=O) groups is 1. The number of aryl methyl sites for hydroxylation is 1. The second-order valence-corrected chi connectivity index (χ2v) is 11.7. The zero-order valence-corrected chi connectivity index (χ0v) is 22.2. The summed E-state index contributed by atoms with van der Waals surface area (Å²) >= 11 is 3.57. The van der Waals surface area contributed by atoms with Gasteiger partial charge in [-0.3, -0.25) is 4.79 Å². The maximum atomic E-state index is 13.1. The summed E-state index contributed by atoms with van der Waals surface area (Å²) in [7, 11) is -1.97. The van der Waals surface area contributed by atoms with Crippen LogP contribution in [0.15, 0.2) is 76.1 Å². The van der Waals surface area contributed by atoms with E-state index in [2.05, 4.69) is 32.2 Å². The zero-order chi connectivity index (χ0) is 25.0. The van der Waals surface area contributed by atoms with Gasteiger partial charge < -0.3 is 15.0 Å². The highest BCUT2D eigenvalue weighted by Gasteiger charge is 2.33. The van der Waals surface area contributed by atoms with E-state index in [0.29, 0.717) is 12.8 Å². The molecule has 1 amide bonds. The number of methoxy groups -OCH3 is 1. The van der Waals surface area contributed by atoms with Crippen LogP contribution in [0.3, 0.4) is 0 Å². The van der Waals surface area contributed by atoms with E-state index >= 15 is 0 Å². The molecule has 3 aromatic carbocycles. The number of hydrogen-bond acceptors (Lipinski definition) is 5. The molecule has 35 heavy (non-hydrogen) atoms. The second kappa shape index (κ2) is 10.8. The quantitative estimate of drug-likeness (QED) is 0.428. The van der Waals surface area contributed by atoms with Gasteiger partial charge in [0.05, 0.1) is 12.0 Å². The number of halogens is 1. The van der Waals surface area contributed by atoms with Gasteiger partial charge in [-0.05, 0) is 73.7 Å². The Bertz CT molecular complexity index is 1290. The van der Waals surface area contributed by atoms with Crippen LogP contribution in [0.2, 0.25) is 0 Å². The van der Waals surface area contributed by atoms with E-state index in [-0.39, 0.29) is 10.8 Å². The Morgan fingerprint density at radius 3 is 2.49 bits per heavy atom. The van der Waals surface area contributed by atoms with Crippen molar-refractivity contribution in [1.82, 2.24) is 5.32 Å². The van der Waals surface area contributed by atoms with Crippen LogP contribution in [0.5, 0.6) is 5.75 Å². The fourth-order valence-electron chi connectivity index (χ4n) is 4.36. The highest BCUT2D eigenvalue weighted by atomic mass is 79.9. The Labute approximate surface area is 215 Å². The third-order valence-electron chi connectivity index (χ3n) is 6.28. The number of nitrogens with one attached hydrogen (secondary N) is 1. The van der Waals surface area contributed by atoms with Crippen LogP contribution in [-0.4, -0.2) is 39.9 Å². The molecule has 1 atom stereocenters. The van der Waals surface area contributed by atoms with Gasteiger partial charge in [-0.2, -0.15) is 0 Å². The van der Waals surface area contributed by atoms with Gasteiger partial charge >= 0.3 is 0 Å². The number of rotatable bonds is 8. The highest BCUT2D eigenvalue weighted by molar-refractivity contribution is 9.10. The number of amides is 1.